The number of sulfonamides is 1. The normalized spacial score (nSPS) is 20.3. The summed E-state index contributed by atoms with van der Waals surface area (Å²) in [4.78, 5) is 13.7. The van der Waals surface area contributed by atoms with Crippen molar-refractivity contribution in [3.05, 3.63) is 18.2 Å². The van der Waals surface area contributed by atoms with Gasteiger partial charge in [-0.1, -0.05) is 6.92 Å². The smallest absolute Gasteiger partial charge is 0.265 e. The molecule has 7 heteroatoms. The van der Waals surface area contributed by atoms with Gasteiger partial charge < -0.3 is 9.64 Å². The maximum Gasteiger partial charge on any atom is 0.265 e. The number of hydrogen-bond acceptors (Lipinski definition) is 4. The number of piperidine rings is 1. The van der Waals surface area contributed by atoms with Gasteiger partial charge in [0.15, 0.2) is 6.61 Å². The summed E-state index contributed by atoms with van der Waals surface area (Å²) in [6, 6.07) is 4.77. The van der Waals surface area contributed by atoms with E-state index in [0.717, 1.165) is 12.8 Å². The van der Waals surface area contributed by atoms with Crippen LogP contribution in [0.2, 0.25) is 0 Å². The molecule has 0 N–H and O–H groups in total. The summed E-state index contributed by atoms with van der Waals surface area (Å²) in [6.07, 6.45) is 1.76. The Morgan fingerprint density at radius 3 is 2.61 bits per heavy atom. The van der Waals surface area contributed by atoms with Crippen molar-refractivity contribution in [3.63, 3.8) is 0 Å². The molecule has 0 unspecified atom stereocenters. The van der Waals surface area contributed by atoms with Crippen molar-refractivity contribution in [1.29, 1.82) is 0 Å². The number of rotatable bonds is 3. The molecule has 1 saturated heterocycles. The van der Waals surface area contributed by atoms with Gasteiger partial charge in [0.2, 0.25) is 10.0 Å². The van der Waals surface area contributed by atoms with Crippen LogP contribution in [0.25, 0.3) is 0 Å². The first kappa shape index (κ1) is 16.3. The fraction of sp³-hybridized carbons (Fsp3) is 0.562. The molecule has 0 aromatic heterocycles. The maximum absolute atomic E-state index is 12.8. The fourth-order valence-electron chi connectivity index (χ4n) is 3.06. The van der Waals surface area contributed by atoms with Gasteiger partial charge >= 0.3 is 0 Å². The number of amides is 1. The maximum atomic E-state index is 12.8. The molecule has 126 valence electrons. The number of benzene rings is 1. The standard InChI is InChI=1S/C16H22N2O4S/c1-3-18-14-10-13(4-5-15(14)22-11-16(18)19)23(20,21)17-8-6-12(2)7-9-17/h4-5,10,12H,3,6-9,11H2,1-2H3. The molecule has 0 bridgehead atoms. The number of fused-ring (bicyclic) bond motifs is 1. The number of ether oxygens (including phenoxy) is 1. The molecule has 0 saturated carbocycles. The van der Waals surface area contributed by atoms with Gasteiger partial charge in [0.25, 0.3) is 5.91 Å². The molecule has 0 atom stereocenters. The topological polar surface area (TPSA) is 66.9 Å². The average molecular weight is 338 g/mol. The van der Waals surface area contributed by atoms with Gasteiger partial charge in [0, 0.05) is 19.6 Å². The predicted molar refractivity (Wildman–Crippen MR) is 87.1 cm³/mol. The second-order valence-corrected chi connectivity index (χ2v) is 8.08. The van der Waals surface area contributed by atoms with E-state index in [2.05, 4.69) is 6.92 Å². The van der Waals surface area contributed by atoms with E-state index in [1.54, 1.807) is 23.1 Å². The zero-order chi connectivity index (χ0) is 16.6. The fourth-order valence-corrected chi connectivity index (χ4v) is 4.55. The number of nitrogens with zero attached hydrogens (tertiary/aromatic N) is 2. The number of likely N-dealkylation sites (N-methyl/N-ethyl adjacent to an activating group) is 1. The van der Waals surface area contributed by atoms with E-state index < -0.39 is 10.0 Å². The molecule has 1 fully saturated rings. The van der Waals surface area contributed by atoms with E-state index in [1.807, 2.05) is 6.92 Å². The van der Waals surface area contributed by atoms with Gasteiger partial charge in [-0.05, 0) is 43.9 Å². The molecule has 1 amide bonds. The molecule has 3 rings (SSSR count). The Morgan fingerprint density at radius 1 is 1.26 bits per heavy atom. The van der Waals surface area contributed by atoms with Crippen molar-refractivity contribution < 1.29 is 17.9 Å². The molecule has 0 spiro atoms. The molecule has 1 aromatic rings. The Hall–Kier alpha value is -1.60. The molecule has 23 heavy (non-hydrogen) atoms. The van der Waals surface area contributed by atoms with Gasteiger partial charge in [-0.25, -0.2) is 8.42 Å². The Bertz CT molecular complexity index is 709. The van der Waals surface area contributed by atoms with Gasteiger partial charge in [0.05, 0.1) is 10.6 Å². The van der Waals surface area contributed by atoms with Crippen LogP contribution in [0.1, 0.15) is 26.7 Å². The first-order valence-electron chi connectivity index (χ1n) is 8.01. The minimum atomic E-state index is -3.53. The molecule has 0 radical (unpaired) electrons. The second kappa shape index (κ2) is 6.13. The summed E-state index contributed by atoms with van der Waals surface area (Å²) in [7, 11) is -3.53. The summed E-state index contributed by atoms with van der Waals surface area (Å²) >= 11 is 0. The van der Waals surface area contributed by atoms with Crippen molar-refractivity contribution in [2.24, 2.45) is 5.92 Å². The van der Waals surface area contributed by atoms with Crippen LogP contribution in [0.15, 0.2) is 23.1 Å². The highest BCUT2D eigenvalue weighted by Crippen LogP contribution is 2.35. The lowest BCUT2D eigenvalue weighted by molar-refractivity contribution is -0.121. The van der Waals surface area contributed by atoms with Crippen LogP contribution in [-0.4, -0.2) is 44.9 Å². The Kier molecular flexibility index (Phi) is 4.33. The van der Waals surface area contributed by atoms with Crippen molar-refractivity contribution in [3.8, 4) is 5.75 Å². The molecule has 2 aliphatic heterocycles. The summed E-state index contributed by atoms with van der Waals surface area (Å²) in [5.74, 6) is 0.964. The van der Waals surface area contributed by atoms with Crippen molar-refractivity contribution >= 4 is 21.6 Å². The number of carbonyl (C=O) groups is 1. The summed E-state index contributed by atoms with van der Waals surface area (Å²) in [6.45, 7) is 5.59. The molecule has 2 heterocycles. The zero-order valence-electron chi connectivity index (χ0n) is 13.5. The Labute approximate surface area is 137 Å². The van der Waals surface area contributed by atoms with E-state index in [1.165, 1.54) is 4.31 Å². The van der Waals surface area contributed by atoms with Crippen LogP contribution in [0.5, 0.6) is 5.75 Å². The van der Waals surface area contributed by atoms with Gasteiger partial charge in [0.1, 0.15) is 5.75 Å². The molecule has 1 aromatic carbocycles. The first-order chi connectivity index (χ1) is 10.9. The van der Waals surface area contributed by atoms with Gasteiger partial charge in [-0.2, -0.15) is 4.31 Å². The van der Waals surface area contributed by atoms with E-state index in [4.69, 9.17) is 4.74 Å². The minimum Gasteiger partial charge on any atom is -0.482 e. The third-order valence-electron chi connectivity index (χ3n) is 4.57. The number of hydrogen-bond donors (Lipinski definition) is 0. The highest BCUT2D eigenvalue weighted by atomic mass is 32.2. The molecule has 2 aliphatic rings. The van der Waals surface area contributed by atoms with Crippen LogP contribution in [0, 0.1) is 5.92 Å². The second-order valence-electron chi connectivity index (χ2n) is 6.14. The van der Waals surface area contributed by atoms with Gasteiger partial charge in [-0.15, -0.1) is 0 Å². The lowest BCUT2D eigenvalue weighted by Crippen LogP contribution is -2.39. The summed E-state index contributed by atoms with van der Waals surface area (Å²) in [5, 5.41) is 0. The van der Waals surface area contributed by atoms with E-state index in [-0.39, 0.29) is 17.4 Å². The van der Waals surface area contributed by atoms with Crippen molar-refractivity contribution in [2.75, 3.05) is 31.1 Å². The largest absolute Gasteiger partial charge is 0.482 e. The van der Waals surface area contributed by atoms with E-state index in [0.29, 0.717) is 37.0 Å². The lowest BCUT2D eigenvalue weighted by atomic mass is 10.0. The first-order valence-corrected chi connectivity index (χ1v) is 9.45. The van der Waals surface area contributed by atoms with E-state index >= 15 is 0 Å². The lowest BCUT2D eigenvalue weighted by Gasteiger charge is -2.31. The Balaban J connectivity index is 1.95. The quantitative estimate of drug-likeness (QED) is 0.844. The van der Waals surface area contributed by atoms with Crippen LogP contribution in [0.4, 0.5) is 5.69 Å². The third-order valence-corrected chi connectivity index (χ3v) is 6.46. The van der Waals surface area contributed by atoms with Crippen LogP contribution < -0.4 is 9.64 Å². The number of anilines is 1. The zero-order valence-corrected chi connectivity index (χ0v) is 14.3. The SMILES string of the molecule is CCN1C(=O)COc2ccc(S(=O)(=O)N3CCC(C)CC3)cc21. The highest BCUT2D eigenvalue weighted by molar-refractivity contribution is 7.89. The number of carbonyl (C=O) groups excluding carboxylic acids is 1. The Morgan fingerprint density at radius 2 is 1.96 bits per heavy atom. The van der Waals surface area contributed by atoms with Crippen LogP contribution >= 0.6 is 0 Å². The summed E-state index contributed by atoms with van der Waals surface area (Å²) < 4.78 is 32.6. The monoisotopic (exact) mass is 338 g/mol. The van der Waals surface area contributed by atoms with Crippen LogP contribution in [-0.2, 0) is 14.8 Å². The molecular weight excluding hydrogens is 316 g/mol. The van der Waals surface area contributed by atoms with Crippen LogP contribution in [0.3, 0.4) is 0 Å². The van der Waals surface area contributed by atoms with Gasteiger partial charge in [-0.3, -0.25) is 4.79 Å². The average Bonchev–Trinajstić information content (AvgIpc) is 2.54. The predicted octanol–water partition coefficient (Wildman–Crippen LogP) is 1.85. The molecule has 6 nitrogen and oxygen atoms in total. The third kappa shape index (κ3) is 2.95. The van der Waals surface area contributed by atoms with Crippen molar-refractivity contribution in [1.82, 2.24) is 4.31 Å². The minimum absolute atomic E-state index is 0.00303. The molecular formula is C16H22N2O4S. The molecule has 0 aliphatic carbocycles. The van der Waals surface area contributed by atoms with E-state index in [9.17, 15) is 13.2 Å². The summed E-state index contributed by atoms with van der Waals surface area (Å²) in [5.41, 5.74) is 0.537. The van der Waals surface area contributed by atoms with Crippen molar-refractivity contribution in [2.45, 2.75) is 31.6 Å². The highest BCUT2D eigenvalue weighted by Gasteiger charge is 2.31.